The minimum atomic E-state index is 0.0506. The predicted molar refractivity (Wildman–Crippen MR) is 58.5 cm³/mol. The SMILES string of the molecule is O=C(c1cccc(S)c1)N1C=CCC1. The van der Waals surface area contributed by atoms with Gasteiger partial charge in [0.25, 0.3) is 5.91 Å². The Bertz CT molecular complexity index is 387. The molecule has 1 aliphatic heterocycles. The van der Waals surface area contributed by atoms with Crippen LogP contribution in [0.5, 0.6) is 0 Å². The summed E-state index contributed by atoms with van der Waals surface area (Å²) >= 11 is 4.20. The Morgan fingerprint density at radius 3 is 2.93 bits per heavy atom. The number of amides is 1. The molecule has 1 aromatic carbocycles. The minimum absolute atomic E-state index is 0.0506. The highest BCUT2D eigenvalue weighted by molar-refractivity contribution is 7.80. The van der Waals surface area contributed by atoms with Gasteiger partial charge in [0.05, 0.1) is 0 Å². The van der Waals surface area contributed by atoms with Crippen molar-refractivity contribution in [3.63, 3.8) is 0 Å². The molecule has 0 aliphatic carbocycles. The molecule has 3 heteroatoms. The highest BCUT2D eigenvalue weighted by Gasteiger charge is 2.15. The minimum Gasteiger partial charge on any atom is -0.315 e. The molecule has 1 amide bonds. The summed E-state index contributed by atoms with van der Waals surface area (Å²) in [4.78, 5) is 14.4. The van der Waals surface area contributed by atoms with Crippen molar-refractivity contribution in [2.45, 2.75) is 11.3 Å². The molecule has 72 valence electrons. The Morgan fingerprint density at radius 2 is 2.29 bits per heavy atom. The van der Waals surface area contributed by atoms with E-state index >= 15 is 0 Å². The molecule has 1 aliphatic rings. The fraction of sp³-hybridized carbons (Fsp3) is 0.182. The number of thiol groups is 1. The summed E-state index contributed by atoms with van der Waals surface area (Å²) in [5.74, 6) is 0.0506. The van der Waals surface area contributed by atoms with E-state index in [2.05, 4.69) is 12.6 Å². The van der Waals surface area contributed by atoms with E-state index in [1.54, 1.807) is 11.0 Å². The maximum atomic E-state index is 11.8. The van der Waals surface area contributed by atoms with Crippen LogP contribution >= 0.6 is 12.6 Å². The van der Waals surface area contributed by atoms with Crippen LogP contribution in [-0.2, 0) is 0 Å². The standard InChI is InChI=1S/C11H11NOS/c13-11(12-6-1-2-7-12)9-4-3-5-10(14)8-9/h1,3-6,8,14H,2,7H2. The molecule has 0 aromatic heterocycles. The Balaban J connectivity index is 2.22. The lowest BCUT2D eigenvalue weighted by atomic mass is 10.2. The van der Waals surface area contributed by atoms with Gasteiger partial charge in [-0.15, -0.1) is 12.6 Å². The average Bonchev–Trinajstić information content (AvgIpc) is 2.69. The van der Waals surface area contributed by atoms with Gasteiger partial charge < -0.3 is 4.90 Å². The number of carbonyl (C=O) groups is 1. The number of hydrogen-bond acceptors (Lipinski definition) is 2. The van der Waals surface area contributed by atoms with Crippen LogP contribution in [0.3, 0.4) is 0 Å². The van der Waals surface area contributed by atoms with E-state index < -0.39 is 0 Å². The third-order valence-corrected chi connectivity index (χ3v) is 2.45. The molecule has 1 aromatic rings. The monoisotopic (exact) mass is 205 g/mol. The Kier molecular flexibility index (Phi) is 2.59. The molecule has 0 unspecified atom stereocenters. The van der Waals surface area contributed by atoms with Crippen molar-refractivity contribution in [3.8, 4) is 0 Å². The van der Waals surface area contributed by atoms with Crippen molar-refractivity contribution in [2.24, 2.45) is 0 Å². The second kappa shape index (κ2) is 3.88. The van der Waals surface area contributed by atoms with Gasteiger partial charge in [-0.2, -0.15) is 0 Å². The van der Waals surface area contributed by atoms with Crippen molar-refractivity contribution >= 4 is 18.5 Å². The van der Waals surface area contributed by atoms with Crippen molar-refractivity contribution in [1.29, 1.82) is 0 Å². The topological polar surface area (TPSA) is 20.3 Å². The maximum Gasteiger partial charge on any atom is 0.257 e. The molecule has 14 heavy (non-hydrogen) atoms. The molecular formula is C11H11NOS. The van der Waals surface area contributed by atoms with Crippen molar-refractivity contribution < 1.29 is 4.79 Å². The fourth-order valence-corrected chi connectivity index (χ4v) is 1.69. The van der Waals surface area contributed by atoms with Crippen LogP contribution in [0.2, 0.25) is 0 Å². The molecule has 1 heterocycles. The van der Waals surface area contributed by atoms with Gasteiger partial charge in [0.15, 0.2) is 0 Å². The number of hydrogen-bond donors (Lipinski definition) is 1. The molecule has 0 fully saturated rings. The van der Waals surface area contributed by atoms with E-state index in [0.717, 1.165) is 17.9 Å². The van der Waals surface area contributed by atoms with Gasteiger partial charge in [-0.25, -0.2) is 0 Å². The lowest BCUT2D eigenvalue weighted by Crippen LogP contribution is -2.23. The van der Waals surface area contributed by atoms with Crippen molar-refractivity contribution in [1.82, 2.24) is 4.90 Å². The molecule has 0 bridgehead atoms. The average molecular weight is 205 g/mol. The summed E-state index contributed by atoms with van der Waals surface area (Å²) in [6, 6.07) is 7.31. The fourth-order valence-electron chi connectivity index (χ4n) is 1.46. The van der Waals surface area contributed by atoms with E-state index in [4.69, 9.17) is 0 Å². The van der Waals surface area contributed by atoms with Crippen molar-refractivity contribution in [2.75, 3.05) is 6.54 Å². The number of carbonyl (C=O) groups excluding carboxylic acids is 1. The van der Waals surface area contributed by atoms with Crippen LogP contribution in [-0.4, -0.2) is 17.4 Å². The first kappa shape index (κ1) is 9.34. The zero-order valence-corrected chi connectivity index (χ0v) is 8.58. The first-order valence-electron chi connectivity index (χ1n) is 4.54. The summed E-state index contributed by atoms with van der Waals surface area (Å²) in [5, 5.41) is 0. The van der Waals surface area contributed by atoms with Gasteiger partial charge >= 0.3 is 0 Å². The number of rotatable bonds is 1. The first-order valence-corrected chi connectivity index (χ1v) is 4.99. The third kappa shape index (κ3) is 1.82. The quantitative estimate of drug-likeness (QED) is 0.698. The molecule has 0 radical (unpaired) electrons. The highest BCUT2D eigenvalue weighted by Crippen LogP contribution is 2.14. The second-order valence-electron chi connectivity index (χ2n) is 3.22. The smallest absolute Gasteiger partial charge is 0.257 e. The van der Waals surface area contributed by atoms with E-state index in [1.165, 1.54) is 0 Å². The van der Waals surface area contributed by atoms with Crippen LogP contribution in [0.25, 0.3) is 0 Å². The molecule has 0 N–H and O–H groups in total. The van der Waals surface area contributed by atoms with E-state index in [1.807, 2.05) is 30.5 Å². The first-order chi connectivity index (χ1) is 6.77. The zero-order chi connectivity index (χ0) is 9.97. The maximum absolute atomic E-state index is 11.8. The lowest BCUT2D eigenvalue weighted by molar-refractivity contribution is 0.0833. The van der Waals surface area contributed by atoms with E-state index in [-0.39, 0.29) is 5.91 Å². The molecule has 2 nitrogen and oxygen atoms in total. The summed E-state index contributed by atoms with van der Waals surface area (Å²) in [7, 11) is 0. The molecule has 0 saturated carbocycles. The Morgan fingerprint density at radius 1 is 1.43 bits per heavy atom. The van der Waals surface area contributed by atoms with Crippen LogP contribution in [0.4, 0.5) is 0 Å². The summed E-state index contributed by atoms with van der Waals surface area (Å²) < 4.78 is 0. The number of nitrogens with zero attached hydrogens (tertiary/aromatic N) is 1. The van der Waals surface area contributed by atoms with Crippen molar-refractivity contribution in [3.05, 3.63) is 42.1 Å². The third-order valence-electron chi connectivity index (χ3n) is 2.18. The van der Waals surface area contributed by atoms with Crippen LogP contribution in [0.15, 0.2) is 41.4 Å². The molecule has 0 spiro atoms. The predicted octanol–water partition coefficient (Wildman–Crippen LogP) is 2.33. The van der Waals surface area contributed by atoms with Gasteiger partial charge in [0.2, 0.25) is 0 Å². The Hall–Kier alpha value is -1.22. The van der Waals surface area contributed by atoms with Crippen LogP contribution < -0.4 is 0 Å². The highest BCUT2D eigenvalue weighted by atomic mass is 32.1. The zero-order valence-electron chi connectivity index (χ0n) is 7.68. The largest absolute Gasteiger partial charge is 0.315 e. The molecule has 0 atom stereocenters. The van der Waals surface area contributed by atoms with E-state index in [9.17, 15) is 4.79 Å². The normalized spacial score (nSPS) is 14.8. The van der Waals surface area contributed by atoms with Gasteiger partial charge in [-0.3, -0.25) is 4.79 Å². The van der Waals surface area contributed by atoms with Crippen LogP contribution in [0, 0.1) is 0 Å². The van der Waals surface area contributed by atoms with Gasteiger partial charge in [0.1, 0.15) is 0 Å². The summed E-state index contributed by atoms with van der Waals surface area (Å²) in [5.41, 5.74) is 0.698. The second-order valence-corrected chi connectivity index (χ2v) is 3.74. The van der Waals surface area contributed by atoms with Gasteiger partial charge in [-0.1, -0.05) is 12.1 Å². The van der Waals surface area contributed by atoms with Gasteiger partial charge in [0, 0.05) is 23.2 Å². The van der Waals surface area contributed by atoms with Gasteiger partial charge in [-0.05, 0) is 24.6 Å². The van der Waals surface area contributed by atoms with Crippen LogP contribution in [0.1, 0.15) is 16.8 Å². The Labute approximate surface area is 88.6 Å². The summed E-state index contributed by atoms with van der Waals surface area (Å²) in [6.45, 7) is 0.787. The molecule has 0 saturated heterocycles. The summed E-state index contributed by atoms with van der Waals surface area (Å²) in [6.07, 6.45) is 4.79. The molecule has 2 rings (SSSR count). The molecular weight excluding hydrogens is 194 g/mol. The van der Waals surface area contributed by atoms with E-state index in [0.29, 0.717) is 5.56 Å². The number of benzene rings is 1. The lowest BCUT2D eigenvalue weighted by Gasteiger charge is -2.13.